The molecule has 0 fully saturated rings. The van der Waals surface area contributed by atoms with E-state index < -0.39 is 5.97 Å². The van der Waals surface area contributed by atoms with Crippen molar-refractivity contribution in [2.45, 2.75) is 13.1 Å². The van der Waals surface area contributed by atoms with Gasteiger partial charge in [-0.15, -0.1) is 0 Å². The molecule has 10 heteroatoms. The molecule has 0 saturated carbocycles. The van der Waals surface area contributed by atoms with Crippen molar-refractivity contribution >= 4 is 80.1 Å². The van der Waals surface area contributed by atoms with Gasteiger partial charge in [0.25, 0.3) is 0 Å². The van der Waals surface area contributed by atoms with Crippen LogP contribution in [0.15, 0.2) is 97.3 Å². The number of para-hydroxylation sites is 2. The SMILES string of the molecule is COC(=O)c1cn(Cc2ccc(Cl)cc2Cl)c2ccccc12.O=C(O)c1cn(Cc2ccc(Cl)cc2Cl)c2ccccc12. The number of nitrogens with zero attached hydrogens (tertiary/aromatic N) is 2. The number of methoxy groups -OCH3 is 1. The summed E-state index contributed by atoms with van der Waals surface area (Å²) in [6.45, 7) is 1.04. The number of carbonyl (C=O) groups excluding carboxylic acids is 1. The minimum atomic E-state index is -0.938. The third-order valence-corrected chi connectivity index (χ3v) is 8.10. The van der Waals surface area contributed by atoms with Gasteiger partial charge >= 0.3 is 11.9 Å². The number of carbonyl (C=O) groups is 2. The van der Waals surface area contributed by atoms with Crippen LogP contribution in [0.4, 0.5) is 0 Å². The van der Waals surface area contributed by atoms with Crippen molar-refractivity contribution in [1.29, 1.82) is 0 Å². The fourth-order valence-electron chi connectivity index (χ4n) is 4.87. The fraction of sp³-hybridized carbons (Fsp3) is 0.0909. The first-order chi connectivity index (χ1) is 20.7. The van der Waals surface area contributed by atoms with Crippen LogP contribution in [0, 0.1) is 0 Å². The number of hydrogen-bond donors (Lipinski definition) is 1. The molecule has 2 aromatic heterocycles. The van der Waals surface area contributed by atoms with Crippen LogP contribution in [-0.4, -0.2) is 33.3 Å². The lowest BCUT2D eigenvalue weighted by Gasteiger charge is -2.08. The molecule has 6 nitrogen and oxygen atoms in total. The van der Waals surface area contributed by atoms with Crippen LogP contribution in [0.1, 0.15) is 31.8 Å². The largest absolute Gasteiger partial charge is 0.478 e. The Kier molecular flexibility index (Phi) is 9.33. The summed E-state index contributed by atoms with van der Waals surface area (Å²) < 4.78 is 8.72. The molecule has 0 aliphatic rings. The van der Waals surface area contributed by atoms with E-state index in [-0.39, 0.29) is 11.5 Å². The number of rotatable bonds is 6. The quantitative estimate of drug-likeness (QED) is 0.182. The smallest absolute Gasteiger partial charge is 0.340 e. The molecule has 0 radical (unpaired) electrons. The van der Waals surface area contributed by atoms with E-state index in [1.807, 2.05) is 63.7 Å². The Balaban J connectivity index is 0.000000171. The monoisotopic (exact) mass is 652 g/mol. The van der Waals surface area contributed by atoms with Crippen LogP contribution in [0.5, 0.6) is 0 Å². The third-order valence-electron chi connectivity index (χ3n) is 6.92. The maximum atomic E-state index is 11.9. The lowest BCUT2D eigenvalue weighted by atomic mass is 10.2. The molecule has 0 atom stereocenters. The summed E-state index contributed by atoms with van der Waals surface area (Å²) in [5.74, 6) is -1.29. The average Bonchev–Trinajstić information content (AvgIpc) is 3.55. The van der Waals surface area contributed by atoms with Gasteiger partial charge in [-0.3, -0.25) is 0 Å². The summed E-state index contributed by atoms with van der Waals surface area (Å²) in [6, 6.07) is 25.8. The number of carboxylic acids is 1. The van der Waals surface area contributed by atoms with Gasteiger partial charge in [-0.05, 0) is 47.5 Å². The molecule has 0 unspecified atom stereocenters. The number of aromatic carboxylic acids is 1. The van der Waals surface area contributed by atoms with Gasteiger partial charge in [-0.25, -0.2) is 9.59 Å². The summed E-state index contributed by atoms with van der Waals surface area (Å²) in [7, 11) is 1.38. The molecule has 0 saturated heterocycles. The summed E-state index contributed by atoms with van der Waals surface area (Å²) in [5, 5.41) is 13.2. The first kappa shape index (κ1) is 30.5. The van der Waals surface area contributed by atoms with Crippen LogP contribution in [0.2, 0.25) is 20.1 Å². The zero-order valence-corrected chi connectivity index (χ0v) is 25.8. The summed E-state index contributed by atoms with van der Waals surface area (Å²) in [5.41, 5.74) is 4.47. The van der Waals surface area contributed by atoms with Crippen LogP contribution in [0.3, 0.4) is 0 Å². The highest BCUT2D eigenvalue weighted by atomic mass is 35.5. The Morgan fingerprint density at radius 1 is 0.674 bits per heavy atom. The Morgan fingerprint density at radius 3 is 1.56 bits per heavy atom. The molecule has 0 amide bonds. The molecule has 0 aliphatic carbocycles. The lowest BCUT2D eigenvalue weighted by Crippen LogP contribution is -2.01. The van der Waals surface area contributed by atoms with E-state index in [0.717, 1.165) is 32.9 Å². The van der Waals surface area contributed by atoms with Gasteiger partial charge in [-0.1, -0.05) is 94.9 Å². The molecule has 1 N–H and O–H groups in total. The number of carboxylic acid groups (broad SMARTS) is 1. The lowest BCUT2D eigenvalue weighted by molar-refractivity contribution is 0.0601. The topological polar surface area (TPSA) is 73.5 Å². The number of halogens is 4. The summed E-state index contributed by atoms with van der Waals surface area (Å²) in [6.07, 6.45) is 3.43. The zero-order valence-electron chi connectivity index (χ0n) is 22.7. The Morgan fingerprint density at radius 2 is 1.12 bits per heavy atom. The second-order valence-electron chi connectivity index (χ2n) is 9.64. The highest BCUT2D eigenvalue weighted by Crippen LogP contribution is 2.28. The first-order valence-electron chi connectivity index (χ1n) is 13.0. The maximum Gasteiger partial charge on any atom is 0.340 e. The second kappa shape index (κ2) is 13.1. The van der Waals surface area contributed by atoms with E-state index >= 15 is 0 Å². The number of fused-ring (bicyclic) bond motifs is 2. The highest BCUT2D eigenvalue weighted by Gasteiger charge is 2.16. The van der Waals surface area contributed by atoms with Gasteiger partial charge in [0.15, 0.2) is 0 Å². The number of esters is 1. The first-order valence-corrected chi connectivity index (χ1v) is 14.5. The number of ether oxygens (including phenoxy) is 1. The predicted molar refractivity (Wildman–Crippen MR) is 173 cm³/mol. The number of benzene rings is 4. The van der Waals surface area contributed by atoms with E-state index in [1.54, 1.807) is 42.7 Å². The van der Waals surface area contributed by atoms with E-state index in [0.29, 0.717) is 38.7 Å². The minimum Gasteiger partial charge on any atom is -0.478 e. The van der Waals surface area contributed by atoms with E-state index in [9.17, 15) is 14.7 Å². The average molecular weight is 654 g/mol. The molecular weight excluding hydrogens is 630 g/mol. The van der Waals surface area contributed by atoms with Gasteiger partial charge in [0.2, 0.25) is 0 Å². The van der Waals surface area contributed by atoms with Crippen molar-refractivity contribution in [2.24, 2.45) is 0 Å². The molecule has 0 bridgehead atoms. The van der Waals surface area contributed by atoms with Crippen LogP contribution >= 0.6 is 46.4 Å². The molecule has 218 valence electrons. The molecule has 6 aromatic rings. The standard InChI is InChI=1S/C17H13Cl2NO2.C16H11Cl2NO2/c1-22-17(21)14-10-20(16-5-3-2-4-13(14)16)9-11-6-7-12(18)8-15(11)19;17-11-6-5-10(14(18)7-11)8-19-9-13(16(20)21)12-3-1-2-4-15(12)19/h2-8,10H,9H2,1H3;1-7,9H,8H2,(H,20,21). The second-order valence-corrected chi connectivity index (χ2v) is 11.3. The van der Waals surface area contributed by atoms with Gasteiger partial charge in [0, 0.05) is 67.4 Å². The van der Waals surface area contributed by atoms with Crippen molar-refractivity contribution in [3.05, 3.63) is 140 Å². The normalized spacial score (nSPS) is 10.9. The minimum absolute atomic E-state index is 0.288. The number of hydrogen-bond acceptors (Lipinski definition) is 3. The van der Waals surface area contributed by atoms with Crippen molar-refractivity contribution in [1.82, 2.24) is 9.13 Å². The van der Waals surface area contributed by atoms with Gasteiger partial charge in [-0.2, -0.15) is 0 Å². The molecule has 43 heavy (non-hydrogen) atoms. The van der Waals surface area contributed by atoms with Gasteiger partial charge < -0.3 is 19.0 Å². The van der Waals surface area contributed by atoms with Crippen molar-refractivity contribution in [3.8, 4) is 0 Å². The Labute approximate surface area is 267 Å². The molecule has 0 aliphatic heterocycles. The molecular formula is C33H24Cl4N2O4. The maximum absolute atomic E-state index is 11.9. The summed E-state index contributed by atoms with van der Waals surface area (Å²) in [4.78, 5) is 23.3. The van der Waals surface area contributed by atoms with Crippen molar-refractivity contribution < 1.29 is 19.4 Å². The highest BCUT2D eigenvalue weighted by molar-refractivity contribution is 6.35. The van der Waals surface area contributed by atoms with Crippen molar-refractivity contribution in [2.75, 3.05) is 7.11 Å². The molecule has 0 spiro atoms. The molecule has 6 rings (SSSR count). The zero-order chi connectivity index (χ0) is 30.7. The van der Waals surface area contributed by atoms with E-state index in [4.69, 9.17) is 51.1 Å². The van der Waals surface area contributed by atoms with Crippen molar-refractivity contribution in [3.63, 3.8) is 0 Å². The van der Waals surface area contributed by atoms with Crippen LogP contribution in [-0.2, 0) is 17.8 Å². The van der Waals surface area contributed by atoms with Crippen LogP contribution in [0.25, 0.3) is 21.8 Å². The number of aromatic nitrogens is 2. The summed E-state index contributed by atoms with van der Waals surface area (Å²) >= 11 is 24.2. The predicted octanol–water partition coefficient (Wildman–Crippen LogP) is 9.48. The molecule has 2 heterocycles. The van der Waals surface area contributed by atoms with Gasteiger partial charge in [0.05, 0.1) is 18.2 Å². The third kappa shape index (κ3) is 6.68. The molecule has 4 aromatic carbocycles. The Hall–Kier alpha value is -3.94. The van der Waals surface area contributed by atoms with Crippen LogP contribution < -0.4 is 0 Å². The Bertz CT molecular complexity index is 1980. The van der Waals surface area contributed by atoms with Gasteiger partial charge in [0.1, 0.15) is 0 Å². The van der Waals surface area contributed by atoms with E-state index in [2.05, 4.69) is 0 Å². The fourth-order valence-corrected chi connectivity index (χ4v) is 5.80. The van der Waals surface area contributed by atoms with E-state index in [1.165, 1.54) is 7.11 Å².